The first kappa shape index (κ1) is 73.6. The number of aliphatic hydroxyl groups is 2. The number of hydrogen-bond acceptors (Lipinski definition) is 5. The number of rotatable bonds is 65. The van der Waals surface area contributed by atoms with Crippen LogP contribution in [-0.2, 0) is 14.3 Å². The molecule has 446 valence electrons. The van der Waals surface area contributed by atoms with Crippen LogP contribution in [0.15, 0.2) is 12.2 Å². The summed E-state index contributed by atoms with van der Waals surface area (Å²) in [5, 5.41) is 23.2. The van der Waals surface area contributed by atoms with Gasteiger partial charge in [0.1, 0.15) is 0 Å². The lowest BCUT2D eigenvalue weighted by Gasteiger charge is -2.20. The van der Waals surface area contributed by atoms with Gasteiger partial charge >= 0.3 is 5.97 Å². The monoisotopic (exact) mass is 1060 g/mol. The number of carbonyl (C=O) groups is 2. The second-order valence-corrected chi connectivity index (χ2v) is 23.9. The predicted molar refractivity (Wildman–Crippen MR) is 329 cm³/mol. The van der Waals surface area contributed by atoms with Crippen molar-refractivity contribution in [2.45, 2.75) is 405 Å². The van der Waals surface area contributed by atoms with E-state index in [0.717, 1.165) is 38.5 Å². The Kier molecular flexibility index (Phi) is 63.9. The summed E-state index contributed by atoms with van der Waals surface area (Å²) >= 11 is 0. The summed E-state index contributed by atoms with van der Waals surface area (Å²) in [6.07, 6.45) is 79.9. The molecule has 0 heterocycles. The van der Waals surface area contributed by atoms with Gasteiger partial charge in [-0.15, -0.1) is 0 Å². The Balaban J connectivity index is 3.40. The molecule has 3 N–H and O–H groups in total. The van der Waals surface area contributed by atoms with Crippen molar-refractivity contribution in [1.29, 1.82) is 0 Å². The van der Waals surface area contributed by atoms with Crippen molar-refractivity contribution in [3.63, 3.8) is 0 Å². The molecule has 6 heteroatoms. The van der Waals surface area contributed by atoms with Crippen LogP contribution in [-0.4, -0.2) is 47.4 Å². The maximum Gasteiger partial charge on any atom is 0.305 e. The van der Waals surface area contributed by atoms with Gasteiger partial charge in [0.25, 0.3) is 0 Å². The fraction of sp³-hybridized carbons (Fsp3) is 0.942. The SMILES string of the molecule is CCCCCCCCCCCCCCCCCCCCC/C=C/C(O)C(CO)NC(=O)CCCCCCCCCCCCCCCCCCCCOC(=O)CCCCCCCCCCCCCCCCCCCCC. The zero-order chi connectivity index (χ0) is 54.3. The van der Waals surface area contributed by atoms with Crippen molar-refractivity contribution in [2.75, 3.05) is 13.2 Å². The maximum absolute atomic E-state index is 12.5. The van der Waals surface area contributed by atoms with E-state index in [1.165, 1.54) is 327 Å². The Morgan fingerprint density at radius 2 is 0.613 bits per heavy atom. The highest BCUT2D eigenvalue weighted by molar-refractivity contribution is 5.76. The van der Waals surface area contributed by atoms with Crippen molar-refractivity contribution < 1.29 is 24.5 Å². The van der Waals surface area contributed by atoms with Gasteiger partial charge in [0.2, 0.25) is 5.91 Å². The van der Waals surface area contributed by atoms with Crippen molar-refractivity contribution in [3.8, 4) is 0 Å². The lowest BCUT2D eigenvalue weighted by Crippen LogP contribution is -2.45. The van der Waals surface area contributed by atoms with Gasteiger partial charge in [-0.05, 0) is 32.1 Å². The highest BCUT2D eigenvalue weighted by Gasteiger charge is 2.18. The lowest BCUT2D eigenvalue weighted by atomic mass is 10.0. The average molecular weight is 1060 g/mol. The van der Waals surface area contributed by atoms with E-state index in [1.54, 1.807) is 6.08 Å². The number of hydrogen-bond donors (Lipinski definition) is 3. The minimum Gasteiger partial charge on any atom is -0.466 e. The fourth-order valence-electron chi connectivity index (χ4n) is 11.1. The molecule has 6 nitrogen and oxygen atoms in total. The zero-order valence-electron chi connectivity index (χ0n) is 51.1. The number of carbonyl (C=O) groups excluding carboxylic acids is 2. The van der Waals surface area contributed by atoms with E-state index in [1.807, 2.05) is 6.08 Å². The molecule has 0 aliphatic carbocycles. The first-order valence-corrected chi connectivity index (χ1v) is 34.5. The first-order chi connectivity index (χ1) is 37.0. The largest absolute Gasteiger partial charge is 0.466 e. The third-order valence-electron chi connectivity index (χ3n) is 16.3. The number of amides is 1. The molecule has 0 radical (unpaired) electrons. The molecule has 0 aromatic rings. The Morgan fingerprint density at radius 3 is 0.907 bits per heavy atom. The van der Waals surface area contributed by atoms with E-state index < -0.39 is 12.1 Å². The van der Waals surface area contributed by atoms with Crippen LogP contribution in [0, 0.1) is 0 Å². The van der Waals surface area contributed by atoms with E-state index in [9.17, 15) is 19.8 Å². The number of unbranched alkanes of at least 4 members (excludes halogenated alkanes) is 54. The summed E-state index contributed by atoms with van der Waals surface area (Å²) in [5.41, 5.74) is 0. The van der Waals surface area contributed by atoms with Crippen LogP contribution in [0.5, 0.6) is 0 Å². The number of aliphatic hydroxyl groups excluding tert-OH is 2. The summed E-state index contributed by atoms with van der Waals surface area (Å²) in [5.74, 6) is -0.0548. The molecule has 0 saturated carbocycles. The standard InChI is InChI=1S/C69H135NO5/c1-3-5-7-9-11-13-15-17-19-21-23-24-26-29-33-37-41-45-49-53-57-61-67(72)66(65-71)70-68(73)62-58-54-50-46-42-38-34-30-27-28-32-36-40-44-48-52-56-60-64-75-69(74)63-59-55-51-47-43-39-35-31-25-22-20-18-16-14-12-10-8-6-4-2/h57,61,66-67,71-72H,3-56,58-60,62-65H2,1-2H3,(H,70,73)/b61-57+. The minimum atomic E-state index is -0.848. The van der Waals surface area contributed by atoms with Crippen molar-refractivity contribution in [1.82, 2.24) is 5.32 Å². The Hall–Kier alpha value is -1.40. The Labute approximate surface area is 469 Å². The molecule has 0 bridgehead atoms. The molecule has 0 fully saturated rings. The highest BCUT2D eigenvalue weighted by Crippen LogP contribution is 2.19. The van der Waals surface area contributed by atoms with Crippen molar-refractivity contribution in [3.05, 3.63) is 12.2 Å². The highest BCUT2D eigenvalue weighted by atomic mass is 16.5. The molecule has 0 aliphatic heterocycles. The molecule has 0 aromatic carbocycles. The Morgan fingerprint density at radius 1 is 0.360 bits per heavy atom. The summed E-state index contributed by atoms with van der Waals surface area (Å²) in [7, 11) is 0. The van der Waals surface area contributed by atoms with Crippen LogP contribution in [0.4, 0.5) is 0 Å². The van der Waals surface area contributed by atoms with Gasteiger partial charge in [-0.2, -0.15) is 0 Å². The summed E-state index contributed by atoms with van der Waals surface area (Å²) in [6, 6.07) is -0.631. The van der Waals surface area contributed by atoms with Crippen LogP contribution in [0.25, 0.3) is 0 Å². The Bertz CT molecular complexity index is 1130. The van der Waals surface area contributed by atoms with Crippen LogP contribution < -0.4 is 5.32 Å². The normalized spacial score (nSPS) is 12.5. The number of nitrogens with one attached hydrogen (secondary N) is 1. The van der Waals surface area contributed by atoms with Gasteiger partial charge in [-0.3, -0.25) is 9.59 Å². The summed E-state index contributed by atoms with van der Waals surface area (Å²) in [6.45, 7) is 4.94. The van der Waals surface area contributed by atoms with Crippen molar-refractivity contribution >= 4 is 11.9 Å². The zero-order valence-corrected chi connectivity index (χ0v) is 51.1. The summed E-state index contributed by atoms with van der Waals surface area (Å²) < 4.78 is 5.51. The van der Waals surface area contributed by atoms with Crippen LogP contribution in [0.1, 0.15) is 393 Å². The van der Waals surface area contributed by atoms with Gasteiger partial charge < -0.3 is 20.3 Å². The first-order valence-electron chi connectivity index (χ1n) is 34.5. The van der Waals surface area contributed by atoms with Gasteiger partial charge in [0.05, 0.1) is 25.4 Å². The molecule has 0 rings (SSSR count). The molecule has 0 saturated heterocycles. The molecule has 2 unspecified atom stereocenters. The van der Waals surface area contributed by atoms with Crippen LogP contribution in [0.3, 0.4) is 0 Å². The maximum atomic E-state index is 12.5. The molecule has 0 aliphatic rings. The number of esters is 1. The molecule has 0 spiro atoms. The molecular weight excluding hydrogens is 923 g/mol. The van der Waals surface area contributed by atoms with Crippen molar-refractivity contribution in [2.24, 2.45) is 0 Å². The molecular formula is C69H135NO5. The van der Waals surface area contributed by atoms with Gasteiger partial charge in [0, 0.05) is 12.8 Å². The quantitative estimate of drug-likeness (QED) is 0.0320. The third-order valence-corrected chi connectivity index (χ3v) is 16.3. The average Bonchev–Trinajstić information content (AvgIpc) is 3.41. The smallest absolute Gasteiger partial charge is 0.305 e. The summed E-state index contributed by atoms with van der Waals surface area (Å²) in [4.78, 5) is 24.6. The van der Waals surface area contributed by atoms with E-state index in [0.29, 0.717) is 19.4 Å². The topological polar surface area (TPSA) is 95.9 Å². The molecule has 1 amide bonds. The fourth-order valence-corrected chi connectivity index (χ4v) is 11.1. The van der Waals surface area contributed by atoms with E-state index in [4.69, 9.17) is 4.74 Å². The van der Waals surface area contributed by atoms with E-state index >= 15 is 0 Å². The predicted octanol–water partition coefficient (Wildman–Crippen LogP) is 22.0. The minimum absolute atomic E-state index is 0.0125. The van der Waals surface area contributed by atoms with Gasteiger partial charge in [-0.1, -0.05) is 360 Å². The van der Waals surface area contributed by atoms with Crippen LogP contribution >= 0.6 is 0 Å². The third kappa shape index (κ3) is 61.7. The van der Waals surface area contributed by atoms with Crippen LogP contribution in [0.2, 0.25) is 0 Å². The molecule has 75 heavy (non-hydrogen) atoms. The van der Waals surface area contributed by atoms with E-state index in [-0.39, 0.29) is 18.5 Å². The second-order valence-electron chi connectivity index (χ2n) is 23.9. The van der Waals surface area contributed by atoms with E-state index in [2.05, 4.69) is 19.2 Å². The molecule has 0 aromatic heterocycles. The van der Waals surface area contributed by atoms with Gasteiger partial charge in [0.15, 0.2) is 0 Å². The van der Waals surface area contributed by atoms with Gasteiger partial charge in [-0.25, -0.2) is 0 Å². The number of allylic oxidation sites excluding steroid dienone is 1. The molecule has 2 atom stereocenters. The second kappa shape index (κ2) is 65.1. The number of ether oxygens (including phenoxy) is 1. The lowest BCUT2D eigenvalue weighted by molar-refractivity contribution is -0.143.